The molecule has 1 aromatic heterocycles. The van der Waals surface area contributed by atoms with Crippen LogP contribution in [0.2, 0.25) is 0 Å². The predicted molar refractivity (Wildman–Crippen MR) is 124 cm³/mol. The lowest BCUT2D eigenvalue weighted by atomic mass is 10.0. The fraction of sp³-hybridized carbons (Fsp3) is 0.385. The van der Waals surface area contributed by atoms with Gasteiger partial charge in [-0.3, -0.25) is 9.69 Å². The molecule has 0 radical (unpaired) electrons. The van der Waals surface area contributed by atoms with Crippen LogP contribution < -0.4 is 5.32 Å². The quantitative estimate of drug-likeness (QED) is 0.626. The Morgan fingerprint density at radius 2 is 1.82 bits per heavy atom. The van der Waals surface area contributed by atoms with Gasteiger partial charge in [-0.2, -0.15) is 5.10 Å². The third-order valence-electron chi connectivity index (χ3n) is 6.55. The first-order valence-electron chi connectivity index (χ1n) is 11.6. The van der Waals surface area contributed by atoms with Crippen molar-refractivity contribution in [2.45, 2.75) is 32.2 Å². The number of benzene rings is 2. The standard InChI is InChI=1S/C26H29FN4O2/c1-18-5-7-19(8-6-18)23(17-30-13-15-33-16-14-30)28-26(32)25-22-3-2-4-24(22)31(29-25)21-11-9-20(27)10-12-21/h5-12,23H,2-4,13-17H2,1H3,(H,28,32). The number of nitrogens with one attached hydrogen (secondary N) is 1. The largest absolute Gasteiger partial charge is 0.379 e. The summed E-state index contributed by atoms with van der Waals surface area (Å²) in [4.78, 5) is 15.8. The van der Waals surface area contributed by atoms with Gasteiger partial charge in [0.25, 0.3) is 5.91 Å². The Labute approximate surface area is 193 Å². The summed E-state index contributed by atoms with van der Waals surface area (Å²) >= 11 is 0. The van der Waals surface area contributed by atoms with Crippen LogP contribution in [0.15, 0.2) is 48.5 Å². The number of aromatic nitrogens is 2. The maximum absolute atomic E-state index is 13.5. The Hall–Kier alpha value is -3.03. The molecule has 1 fully saturated rings. The first-order chi connectivity index (χ1) is 16.1. The molecule has 0 spiro atoms. The molecule has 3 aromatic rings. The fourth-order valence-electron chi connectivity index (χ4n) is 4.72. The van der Waals surface area contributed by atoms with Crippen LogP contribution in [0.5, 0.6) is 0 Å². The normalized spacial score (nSPS) is 17.0. The van der Waals surface area contributed by atoms with E-state index in [0.29, 0.717) is 18.9 Å². The van der Waals surface area contributed by atoms with Gasteiger partial charge in [0.2, 0.25) is 0 Å². The van der Waals surface area contributed by atoms with E-state index in [9.17, 15) is 9.18 Å². The van der Waals surface area contributed by atoms with Crippen LogP contribution in [0.3, 0.4) is 0 Å². The number of nitrogens with zero attached hydrogens (tertiary/aromatic N) is 3. The first kappa shape index (κ1) is 21.8. The topological polar surface area (TPSA) is 59.4 Å². The number of amides is 1. The summed E-state index contributed by atoms with van der Waals surface area (Å²) in [6.07, 6.45) is 2.68. The molecule has 1 amide bonds. The summed E-state index contributed by atoms with van der Waals surface area (Å²) in [7, 11) is 0. The first-order valence-corrected chi connectivity index (χ1v) is 11.6. The third-order valence-corrected chi connectivity index (χ3v) is 6.55. The van der Waals surface area contributed by atoms with Gasteiger partial charge in [0, 0.05) is 30.9 Å². The summed E-state index contributed by atoms with van der Waals surface area (Å²) in [5.74, 6) is -0.447. The average Bonchev–Trinajstić information content (AvgIpc) is 3.44. The molecule has 7 heteroatoms. The molecule has 172 valence electrons. The molecule has 2 heterocycles. The van der Waals surface area contributed by atoms with E-state index in [4.69, 9.17) is 4.74 Å². The minimum atomic E-state index is -0.287. The van der Waals surface area contributed by atoms with Crippen molar-refractivity contribution in [2.75, 3.05) is 32.8 Å². The predicted octanol–water partition coefficient (Wildman–Crippen LogP) is 3.61. The highest BCUT2D eigenvalue weighted by Gasteiger charge is 2.29. The van der Waals surface area contributed by atoms with Crippen molar-refractivity contribution >= 4 is 5.91 Å². The number of halogens is 1. The molecule has 1 saturated heterocycles. The van der Waals surface area contributed by atoms with Crippen LogP contribution in [0.4, 0.5) is 4.39 Å². The van der Waals surface area contributed by atoms with Gasteiger partial charge in [0.15, 0.2) is 5.69 Å². The number of hydrogen-bond acceptors (Lipinski definition) is 4. The van der Waals surface area contributed by atoms with Crippen molar-refractivity contribution in [1.29, 1.82) is 0 Å². The molecule has 33 heavy (non-hydrogen) atoms. The Kier molecular flexibility index (Phi) is 6.24. The van der Waals surface area contributed by atoms with Crippen LogP contribution in [-0.4, -0.2) is 53.4 Å². The van der Waals surface area contributed by atoms with Gasteiger partial charge in [-0.25, -0.2) is 9.07 Å². The zero-order chi connectivity index (χ0) is 22.8. The molecule has 6 nitrogen and oxygen atoms in total. The molecule has 0 saturated carbocycles. The molecular weight excluding hydrogens is 419 g/mol. The highest BCUT2D eigenvalue weighted by molar-refractivity contribution is 5.94. The highest BCUT2D eigenvalue weighted by Crippen LogP contribution is 2.28. The van der Waals surface area contributed by atoms with Crippen LogP contribution in [0.1, 0.15) is 45.3 Å². The van der Waals surface area contributed by atoms with E-state index in [1.165, 1.54) is 17.7 Å². The molecule has 5 rings (SSSR count). The van der Waals surface area contributed by atoms with Crippen molar-refractivity contribution in [1.82, 2.24) is 20.0 Å². The van der Waals surface area contributed by atoms with Crippen molar-refractivity contribution in [2.24, 2.45) is 0 Å². The second-order valence-electron chi connectivity index (χ2n) is 8.87. The lowest BCUT2D eigenvalue weighted by Gasteiger charge is -2.31. The third kappa shape index (κ3) is 4.70. The summed E-state index contributed by atoms with van der Waals surface area (Å²) in [6, 6.07) is 14.4. The van der Waals surface area contributed by atoms with Gasteiger partial charge in [-0.05, 0) is 56.0 Å². The van der Waals surface area contributed by atoms with Gasteiger partial charge in [0.05, 0.1) is 24.9 Å². The molecule has 1 aliphatic carbocycles. The number of morpholine rings is 1. The van der Waals surface area contributed by atoms with Gasteiger partial charge in [0.1, 0.15) is 5.82 Å². The lowest BCUT2D eigenvalue weighted by molar-refractivity contribution is 0.0332. The maximum Gasteiger partial charge on any atom is 0.272 e. The van der Waals surface area contributed by atoms with Gasteiger partial charge >= 0.3 is 0 Å². The van der Waals surface area contributed by atoms with Gasteiger partial charge < -0.3 is 10.1 Å². The van der Waals surface area contributed by atoms with Crippen molar-refractivity contribution < 1.29 is 13.9 Å². The van der Waals surface area contributed by atoms with E-state index < -0.39 is 0 Å². The van der Waals surface area contributed by atoms with E-state index in [-0.39, 0.29) is 17.8 Å². The number of fused-ring (bicyclic) bond motifs is 1. The van der Waals surface area contributed by atoms with Crippen molar-refractivity contribution in [3.05, 3.63) is 82.4 Å². The molecular formula is C26H29FN4O2. The zero-order valence-electron chi connectivity index (χ0n) is 18.9. The highest BCUT2D eigenvalue weighted by atomic mass is 19.1. The SMILES string of the molecule is Cc1ccc(C(CN2CCOCC2)NC(=O)c2nn(-c3ccc(F)cc3)c3c2CCC3)cc1. The molecule has 1 unspecified atom stereocenters. The summed E-state index contributed by atoms with van der Waals surface area (Å²) < 4.78 is 20.7. The Balaban J connectivity index is 1.42. The van der Waals surface area contributed by atoms with E-state index in [2.05, 4.69) is 46.5 Å². The summed E-state index contributed by atoms with van der Waals surface area (Å²) in [5.41, 5.74) is 5.57. The number of aryl methyl sites for hydroxylation is 1. The second-order valence-corrected chi connectivity index (χ2v) is 8.87. The fourth-order valence-corrected chi connectivity index (χ4v) is 4.72. The smallest absolute Gasteiger partial charge is 0.272 e. The molecule has 2 aromatic carbocycles. The number of carbonyl (C=O) groups excluding carboxylic acids is 1. The Bertz CT molecular complexity index is 1120. The van der Waals surface area contributed by atoms with Gasteiger partial charge in [-0.1, -0.05) is 29.8 Å². The Morgan fingerprint density at radius 1 is 1.09 bits per heavy atom. The van der Waals surface area contributed by atoms with E-state index >= 15 is 0 Å². The number of rotatable bonds is 6. The Morgan fingerprint density at radius 3 is 2.55 bits per heavy atom. The maximum atomic E-state index is 13.5. The summed E-state index contributed by atoms with van der Waals surface area (Å²) in [5, 5.41) is 7.95. The minimum Gasteiger partial charge on any atom is -0.379 e. The molecule has 2 aliphatic rings. The van der Waals surface area contributed by atoms with Crippen molar-refractivity contribution in [3.8, 4) is 5.69 Å². The monoisotopic (exact) mass is 448 g/mol. The summed E-state index contributed by atoms with van der Waals surface area (Å²) in [6.45, 7) is 5.91. The average molecular weight is 449 g/mol. The molecule has 1 aliphatic heterocycles. The number of hydrogen-bond donors (Lipinski definition) is 1. The molecule has 1 atom stereocenters. The van der Waals surface area contributed by atoms with Crippen LogP contribution >= 0.6 is 0 Å². The van der Waals surface area contributed by atoms with Crippen molar-refractivity contribution in [3.63, 3.8) is 0 Å². The second kappa shape index (κ2) is 9.45. The minimum absolute atomic E-state index is 0.149. The lowest BCUT2D eigenvalue weighted by Crippen LogP contribution is -2.43. The van der Waals surface area contributed by atoms with Gasteiger partial charge in [-0.15, -0.1) is 0 Å². The van der Waals surface area contributed by atoms with Crippen LogP contribution in [0, 0.1) is 12.7 Å². The number of ether oxygens (including phenoxy) is 1. The van der Waals surface area contributed by atoms with Crippen LogP contribution in [0.25, 0.3) is 5.69 Å². The molecule has 1 N–H and O–H groups in total. The van der Waals surface area contributed by atoms with E-state index in [0.717, 1.165) is 61.4 Å². The van der Waals surface area contributed by atoms with E-state index in [1.807, 2.05) is 0 Å². The van der Waals surface area contributed by atoms with Crippen LogP contribution in [-0.2, 0) is 17.6 Å². The van der Waals surface area contributed by atoms with E-state index in [1.54, 1.807) is 16.8 Å². The number of carbonyl (C=O) groups is 1. The zero-order valence-corrected chi connectivity index (χ0v) is 18.9. The molecule has 0 bridgehead atoms.